The van der Waals surface area contributed by atoms with Gasteiger partial charge in [0, 0.05) is 13.2 Å². The summed E-state index contributed by atoms with van der Waals surface area (Å²) in [6.45, 7) is 5.86. The van der Waals surface area contributed by atoms with E-state index in [0.29, 0.717) is 0 Å². The highest BCUT2D eigenvalue weighted by atomic mass is 16.5. The maximum Gasteiger partial charge on any atom is 0.124 e. The van der Waals surface area contributed by atoms with Crippen molar-refractivity contribution in [2.45, 2.75) is 20.4 Å². The number of nitrogens with one attached hydrogen (secondary N) is 2. The molecule has 0 spiro atoms. The molecule has 1 aromatic carbocycles. The second-order valence-corrected chi connectivity index (χ2v) is 3.72. The second kappa shape index (κ2) is 5.73. The second-order valence-electron chi connectivity index (χ2n) is 3.72. The van der Waals surface area contributed by atoms with Crippen molar-refractivity contribution >= 4 is 0 Å². The smallest absolute Gasteiger partial charge is 0.124 e. The summed E-state index contributed by atoms with van der Waals surface area (Å²) in [6, 6.07) is 4.32. The van der Waals surface area contributed by atoms with E-state index in [1.165, 1.54) is 16.7 Å². The van der Waals surface area contributed by atoms with Gasteiger partial charge in [-0.25, -0.2) is 0 Å². The molecule has 15 heavy (non-hydrogen) atoms. The van der Waals surface area contributed by atoms with E-state index >= 15 is 0 Å². The molecule has 0 heterocycles. The zero-order valence-corrected chi connectivity index (χ0v) is 9.98. The molecule has 84 valence electrons. The first-order chi connectivity index (χ1) is 7.19. The topological polar surface area (TPSA) is 33.3 Å². The van der Waals surface area contributed by atoms with Crippen LogP contribution in [0.1, 0.15) is 16.7 Å². The monoisotopic (exact) mass is 208 g/mol. The van der Waals surface area contributed by atoms with Gasteiger partial charge in [0.15, 0.2) is 0 Å². The van der Waals surface area contributed by atoms with Crippen molar-refractivity contribution in [2.24, 2.45) is 0 Å². The maximum atomic E-state index is 5.32. The van der Waals surface area contributed by atoms with E-state index < -0.39 is 0 Å². The number of hydrogen-bond donors (Lipinski definition) is 2. The number of ether oxygens (including phenoxy) is 1. The van der Waals surface area contributed by atoms with Gasteiger partial charge in [-0.2, -0.15) is 0 Å². The Morgan fingerprint density at radius 1 is 1.20 bits per heavy atom. The zero-order chi connectivity index (χ0) is 11.3. The van der Waals surface area contributed by atoms with Crippen molar-refractivity contribution in [3.8, 4) is 5.75 Å². The van der Waals surface area contributed by atoms with Gasteiger partial charge in [0.25, 0.3) is 0 Å². The van der Waals surface area contributed by atoms with Crippen LogP contribution in [0.2, 0.25) is 0 Å². The van der Waals surface area contributed by atoms with Crippen molar-refractivity contribution in [2.75, 3.05) is 20.8 Å². The zero-order valence-electron chi connectivity index (χ0n) is 9.98. The first-order valence-electron chi connectivity index (χ1n) is 5.18. The molecule has 1 rings (SSSR count). The van der Waals surface area contributed by atoms with Crippen molar-refractivity contribution in [3.63, 3.8) is 0 Å². The molecule has 3 heteroatoms. The van der Waals surface area contributed by atoms with Crippen LogP contribution in [-0.2, 0) is 6.54 Å². The van der Waals surface area contributed by atoms with Crippen LogP contribution in [0, 0.1) is 13.8 Å². The van der Waals surface area contributed by atoms with E-state index in [9.17, 15) is 0 Å². The maximum absolute atomic E-state index is 5.32. The molecule has 0 fully saturated rings. The van der Waals surface area contributed by atoms with Gasteiger partial charge in [-0.1, -0.05) is 12.1 Å². The van der Waals surface area contributed by atoms with Crippen molar-refractivity contribution in [3.05, 3.63) is 28.8 Å². The molecule has 0 radical (unpaired) electrons. The number of rotatable bonds is 5. The fourth-order valence-corrected chi connectivity index (χ4v) is 1.80. The molecule has 3 nitrogen and oxygen atoms in total. The molecule has 0 amide bonds. The van der Waals surface area contributed by atoms with E-state index in [1.807, 2.05) is 7.05 Å². The molecular formula is C12H20N2O. The average molecular weight is 208 g/mol. The molecule has 0 aromatic heterocycles. The number of hydrogen-bond acceptors (Lipinski definition) is 3. The fourth-order valence-electron chi connectivity index (χ4n) is 1.80. The van der Waals surface area contributed by atoms with E-state index in [1.54, 1.807) is 7.11 Å². The Kier molecular flexibility index (Phi) is 4.59. The Labute approximate surface area is 91.8 Å². The largest absolute Gasteiger partial charge is 0.496 e. The summed E-state index contributed by atoms with van der Waals surface area (Å²) in [4.78, 5) is 0. The lowest BCUT2D eigenvalue weighted by atomic mass is 10.1. The predicted molar refractivity (Wildman–Crippen MR) is 63.2 cm³/mol. The Morgan fingerprint density at radius 3 is 2.27 bits per heavy atom. The third kappa shape index (κ3) is 3.22. The molecule has 0 bridgehead atoms. The number of methoxy groups -OCH3 is 1. The summed E-state index contributed by atoms with van der Waals surface area (Å²) in [5.41, 5.74) is 3.68. The fraction of sp³-hybridized carbons (Fsp3) is 0.500. The van der Waals surface area contributed by atoms with Crippen LogP contribution in [0.15, 0.2) is 12.1 Å². The lowest BCUT2D eigenvalue weighted by Crippen LogP contribution is -2.25. The predicted octanol–water partition coefficient (Wildman–Crippen LogP) is 1.58. The van der Waals surface area contributed by atoms with E-state index in [4.69, 9.17) is 4.74 Å². The van der Waals surface area contributed by atoms with Gasteiger partial charge in [-0.05, 0) is 37.6 Å². The lowest BCUT2D eigenvalue weighted by molar-refractivity contribution is 0.408. The summed E-state index contributed by atoms with van der Waals surface area (Å²) in [5, 5.41) is 6.35. The van der Waals surface area contributed by atoms with Crippen LogP contribution in [0.25, 0.3) is 0 Å². The molecule has 0 unspecified atom stereocenters. The molecular weight excluding hydrogens is 188 g/mol. The van der Waals surface area contributed by atoms with E-state index in [0.717, 1.165) is 19.0 Å². The lowest BCUT2D eigenvalue weighted by Gasteiger charge is -2.11. The van der Waals surface area contributed by atoms with Gasteiger partial charge in [-0.3, -0.25) is 0 Å². The standard InChI is InChI=1S/C12H20N2O/c1-9-5-11(7-14-8-13-3)6-10(2)12(9)15-4/h5-6,13-14H,7-8H2,1-4H3. The van der Waals surface area contributed by atoms with Gasteiger partial charge >= 0.3 is 0 Å². The summed E-state index contributed by atoms with van der Waals surface area (Å²) in [5.74, 6) is 0.993. The first-order valence-corrected chi connectivity index (χ1v) is 5.18. The summed E-state index contributed by atoms with van der Waals surface area (Å²) >= 11 is 0. The Morgan fingerprint density at radius 2 is 1.80 bits per heavy atom. The minimum absolute atomic E-state index is 0.824. The quantitative estimate of drug-likeness (QED) is 0.569. The highest BCUT2D eigenvalue weighted by Crippen LogP contribution is 2.24. The molecule has 0 atom stereocenters. The minimum atomic E-state index is 0.824. The van der Waals surface area contributed by atoms with Gasteiger partial charge in [-0.15, -0.1) is 0 Å². The van der Waals surface area contributed by atoms with Crippen LogP contribution < -0.4 is 15.4 Å². The van der Waals surface area contributed by atoms with Crippen LogP contribution >= 0.6 is 0 Å². The molecule has 0 aliphatic carbocycles. The van der Waals surface area contributed by atoms with Crippen LogP contribution in [0.3, 0.4) is 0 Å². The molecule has 0 aliphatic rings. The van der Waals surface area contributed by atoms with Gasteiger partial charge in [0.1, 0.15) is 5.75 Å². The highest BCUT2D eigenvalue weighted by molar-refractivity contribution is 5.43. The Hall–Kier alpha value is -1.06. The SMILES string of the molecule is CNCNCc1cc(C)c(OC)c(C)c1. The van der Waals surface area contributed by atoms with Crippen molar-refractivity contribution < 1.29 is 4.74 Å². The molecule has 0 aliphatic heterocycles. The Balaban J connectivity index is 2.75. The Bertz CT molecular complexity index is 300. The van der Waals surface area contributed by atoms with Crippen molar-refractivity contribution in [1.82, 2.24) is 10.6 Å². The molecule has 2 N–H and O–H groups in total. The normalized spacial score (nSPS) is 10.4. The highest BCUT2D eigenvalue weighted by Gasteiger charge is 2.04. The third-order valence-corrected chi connectivity index (χ3v) is 2.36. The summed E-state index contributed by atoms with van der Waals surface area (Å²) < 4.78 is 5.32. The van der Waals surface area contributed by atoms with Gasteiger partial charge in [0.05, 0.1) is 7.11 Å². The molecule has 0 saturated carbocycles. The van der Waals surface area contributed by atoms with Crippen molar-refractivity contribution in [1.29, 1.82) is 0 Å². The number of benzene rings is 1. The summed E-state index contributed by atoms with van der Waals surface area (Å²) in [6.07, 6.45) is 0. The van der Waals surface area contributed by atoms with Gasteiger partial charge < -0.3 is 15.4 Å². The third-order valence-electron chi connectivity index (χ3n) is 2.36. The first kappa shape index (κ1) is 12.0. The number of aryl methyl sites for hydroxylation is 2. The van der Waals surface area contributed by atoms with Gasteiger partial charge in [0.2, 0.25) is 0 Å². The van der Waals surface area contributed by atoms with Crippen LogP contribution in [0.4, 0.5) is 0 Å². The van der Waals surface area contributed by atoms with Crippen LogP contribution in [-0.4, -0.2) is 20.8 Å². The summed E-state index contributed by atoms with van der Waals surface area (Å²) in [7, 11) is 3.64. The minimum Gasteiger partial charge on any atom is -0.496 e. The van der Waals surface area contributed by atoms with Crippen LogP contribution in [0.5, 0.6) is 5.75 Å². The molecule has 1 aromatic rings. The molecule has 0 saturated heterocycles. The van der Waals surface area contributed by atoms with E-state index in [-0.39, 0.29) is 0 Å². The average Bonchev–Trinajstić information content (AvgIpc) is 2.18. The van der Waals surface area contributed by atoms with E-state index in [2.05, 4.69) is 36.6 Å².